The molecule has 1 saturated heterocycles. The molecule has 1 aliphatic heterocycles. The van der Waals surface area contributed by atoms with Crippen molar-refractivity contribution in [3.05, 3.63) is 29.8 Å². The van der Waals surface area contributed by atoms with Crippen molar-refractivity contribution in [3.63, 3.8) is 0 Å². The van der Waals surface area contributed by atoms with E-state index in [1.54, 1.807) is 0 Å². The highest BCUT2D eigenvalue weighted by molar-refractivity contribution is 5.94. The topological polar surface area (TPSA) is 55.6 Å². The van der Waals surface area contributed by atoms with Gasteiger partial charge in [-0.1, -0.05) is 19.9 Å². The van der Waals surface area contributed by atoms with Crippen molar-refractivity contribution in [2.75, 3.05) is 19.7 Å². The van der Waals surface area contributed by atoms with Crippen LogP contribution in [0.15, 0.2) is 24.3 Å². The normalized spacial score (nSPS) is 16.8. The third kappa shape index (κ3) is 5.70. The zero-order chi connectivity index (χ0) is 16.1. The number of hydrogen-bond donors (Lipinski definition) is 1. The number of benzene rings is 1. The summed E-state index contributed by atoms with van der Waals surface area (Å²) in [4.78, 5) is 14.5. The third-order valence-electron chi connectivity index (χ3n) is 4.23. The second-order valence-corrected chi connectivity index (χ2v) is 6.72. The molecule has 0 bridgehead atoms. The average molecular weight is 341 g/mol. The molecule has 1 fully saturated rings. The number of ether oxygens (including phenoxy) is 1. The second kappa shape index (κ2) is 9.14. The Bertz CT molecular complexity index is 498. The van der Waals surface area contributed by atoms with Crippen molar-refractivity contribution in [2.24, 2.45) is 17.6 Å². The SMILES string of the molecule is CC(C)COc1cccc(C(=O)N2CCC(C(C)N)CC2)c1.Cl. The van der Waals surface area contributed by atoms with E-state index in [0.29, 0.717) is 24.0 Å². The predicted octanol–water partition coefficient (Wildman–Crippen LogP) is 3.34. The van der Waals surface area contributed by atoms with Gasteiger partial charge in [-0.2, -0.15) is 0 Å². The Morgan fingerprint density at radius 3 is 2.52 bits per heavy atom. The molecule has 1 heterocycles. The fourth-order valence-electron chi connectivity index (χ4n) is 2.79. The highest BCUT2D eigenvalue weighted by Gasteiger charge is 2.25. The second-order valence-electron chi connectivity index (χ2n) is 6.72. The Kier molecular flexibility index (Phi) is 7.86. The van der Waals surface area contributed by atoms with E-state index in [1.807, 2.05) is 29.2 Å². The predicted molar refractivity (Wildman–Crippen MR) is 96.3 cm³/mol. The number of halogens is 1. The fraction of sp³-hybridized carbons (Fsp3) is 0.611. The summed E-state index contributed by atoms with van der Waals surface area (Å²) in [6, 6.07) is 7.72. The quantitative estimate of drug-likeness (QED) is 0.894. The monoisotopic (exact) mass is 340 g/mol. The van der Waals surface area contributed by atoms with Gasteiger partial charge in [0.05, 0.1) is 6.61 Å². The molecule has 1 aromatic rings. The summed E-state index contributed by atoms with van der Waals surface area (Å²) in [5.74, 6) is 1.87. The molecule has 1 unspecified atom stereocenters. The molecule has 1 aromatic carbocycles. The van der Waals surface area contributed by atoms with E-state index < -0.39 is 0 Å². The molecular weight excluding hydrogens is 312 g/mol. The first-order valence-electron chi connectivity index (χ1n) is 8.25. The summed E-state index contributed by atoms with van der Waals surface area (Å²) < 4.78 is 5.71. The molecule has 2 N–H and O–H groups in total. The summed E-state index contributed by atoms with van der Waals surface area (Å²) >= 11 is 0. The Labute approximate surface area is 145 Å². The Morgan fingerprint density at radius 2 is 1.96 bits per heavy atom. The summed E-state index contributed by atoms with van der Waals surface area (Å²) in [6.45, 7) is 8.52. The van der Waals surface area contributed by atoms with Crippen molar-refractivity contribution in [3.8, 4) is 5.75 Å². The minimum absolute atomic E-state index is 0. The van der Waals surface area contributed by atoms with Gasteiger partial charge in [0, 0.05) is 24.7 Å². The summed E-state index contributed by atoms with van der Waals surface area (Å²) in [5.41, 5.74) is 6.67. The lowest BCUT2D eigenvalue weighted by atomic mass is 9.90. The van der Waals surface area contributed by atoms with E-state index >= 15 is 0 Å². The van der Waals surface area contributed by atoms with Crippen LogP contribution in [-0.2, 0) is 0 Å². The van der Waals surface area contributed by atoms with Gasteiger partial charge in [0.1, 0.15) is 5.75 Å². The van der Waals surface area contributed by atoms with E-state index in [9.17, 15) is 4.79 Å². The molecule has 0 aliphatic carbocycles. The molecule has 1 aliphatic rings. The number of nitrogens with zero attached hydrogens (tertiary/aromatic N) is 1. The van der Waals surface area contributed by atoms with Crippen LogP contribution in [0.3, 0.4) is 0 Å². The van der Waals surface area contributed by atoms with Crippen LogP contribution >= 0.6 is 12.4 Å². The average Bonchev–Trinajstić information content (AvgIpc) is 2.52. The fourth-order valence-corrected chi connectivity index (χ4v) is 2.79. The maximum atomic E-state index is 12.6. The molecule has 2 rings (SSSR count). The van der Waals surface area contributed by atoms with Gasteiger partial charge in [-0.15, -0.1) is 12.4 Å². The van der Waals surface area contributed by atoms with Crippen LogP contribution < -0.4 is 10.5 Å². The molecule has 0 saturated carbocycles. The first-order valence-corrected chi connectivity index (χ1v) is 8.25. The summed E-state index contributed by atoms with van der Waals surface area (Å²) in [5, 5.41) is 0. The minimum Gasteiger partial charge on any atom is -0.493 e. The van der Waals surface area contributed by atoms with Gasteiger partial charge in [0.15, 0.2) is 0 Å². The van der Waals surface area contributed by atoms with Gasteiger partial charge in [0.25, 0.3) is 5.91 Å². The van der Waals surface area contributed by atoms with Crippen LogP contribution in [0.1, 0.15) is 44.0 Å². The summed E-state index contributed by atoms with van der Waals surface area (Å²) in [7, 11) is 0. The number of rotatable bonds is 5. The van der Waals surface area contributed by atoms with Crippen molar-refractivity contribution in [1.29, 1.82) is 0 Å². The van der Waals surface area contributed by atoms with Crippen molar-refractivity contribution >= 4 is 18.3 Å². The zero-order valence-corrected chi connectivity index (χ0v) is 15.1. The van der Waals surface area contributed by atoms with E-state index in [1.165, 1.54) is 0 Å². The molecule has 0 aromatic heterocycles. The van der Waals surface area contributed by atoms with Crippen molar-refractivity contribution < 1.29 is 9.53 Å². The number of piperidine rings is 1. The van der Waals surface area contributed by atoms with Crippen LogP contribution in [0.4, 0.5) is 0 Å². The smallest absolute Gasteiger partial charge is 0.253 e. The van der Waals surface area contributed by atoms with Gasteiger partial charge in [-0.25, -0.2) is 0 Å². The lowest BCUT2D eigenvalue weighted by Gasteiger charge is -2.33. The first-order chi connectivity index (χ1) is 10.5. The standard InChI is InChI=1S/C18H28N2O2.ClH/c1-13(2)12-22-17-6-4-5-16(11-17)18(21)20-9-7-15(8-10-20)14(3)19;/h4-6,11,13-15H,7-10,12,19H2,1-3H3;1H. The zero-order valence-electron chi connectivity index (χ0n) is 14.3. The number of nitrogens with two attached hydrogens (primary N) is 1. The van der Waals surface area contributed by atoms with Crippen molar-refractivity contribution in [2.45, 2.75) is 39.7 Å². The number of hydrogen-bond acceptors (Lipinski definition) is 3. The van der Waals surface area contributed by atoms with E-state index in [0.717, 1.165) is 31.7 Å². The third-order valence-corrected chi connectivity index (χ3v) is 4.23. The molecule has 1 amide bonds. The van der Waals surface area contributed by atoms with Gasteiger partial charge < -0.3 is 15.4 Å². The molecular formula is C18H29ClN2O2. The van der Waals surface area contributed by atoms with Gasteiger partial charge in [-0.3, -0.25) is 4.79 Å². The lowest BCUT2D eigenvalue weighted by Crippen LogP contribution is -2.42. The number of likely N-dealkylation sites (tertiary alicyclic amines) is 1. The van der Waals surface area contributed by atoms with E-state index in [2.05, 4.69) is 20.8 Å². The van der Waals surface area contributed by atoms with Crippen LogP contribution in [0.5, 0.6) is 5.75 Å². The number of carbonyl (C=O) groups excluding carboxylic acids is 1. The minimum atomic E-state index is 0. The number of amides is 1. The largest absolute Gasteiger partial charge is 0.493 e. The van der Waals surface area contributed by atoms with Crippen molar-refractivity contribution in [1.82, 2.24) is 4.90 Å². The van der Waals surface area contributed by atoms with Crippen LogP contribution in [0.2, 0.25) is 0 Å². The molecule has 1 atom stereocenters. The molecule has 0 radical (unpaired) electrons. The lowest BCUT2D eigenvalue weighted by molar-refractivity contribution is 0.0680. The van der Waals surface area contributed by atoms with Gasteiger partial charge in [0.2, 0.25) is 0 Å². The van der Waals surface area contributed by atoms with Gasteiger partial charge >= 0.3 is 0 Å². The molecule has 4 nitrogen and oxygen atoms in total. The highest BCUT2D eigenvalue weighted by atomic mass is 35.5. The Morgan fingerprint density at radius 1 is 1.30 bits per heavy atom. The first kappa shape index (κ1) is 19.8. The van der Waals surface area contributed by atoms with Crippen LogP contribution in [0, 0.1) is 11.8 Å². The van der Waals surface area contributed by atoms with Crippen LogP contribution in [-0.4, -0.2) is 36.5 Å². The molecule has 5 heteroatoms. The molecule has 23 heavy (non-hydrogen) atoms. The number of carbonyl (C=O) groups is 1. The Hall–Kier alpha value is -1.26. The Balaban J connectivity index is 0.00000264. The maximum absolute atomic E-state index is 12.6. The van der Waals surface area contributed by atoms with Crippen LogP contribution in [0.25, 0.3) is 0 Å². The van der Waals surface area contributed by atoms with E-state index in [-0.39, 0.29) is 24.4 Å². The molecule has 130 valence electrons. The van der Waals surface area contributed by atoms with Gasteiger partial charge in [-0.05, 0) is 49.8 Å². The maximum Gasteiger partial charge on any atom is 0.253 e. The molecule has 0 spiro atoms. The highest BCUT2D eigenvalue weighted by Crippen LogP contribution is 2.22. The summed E-state index contributed by atoms with van der Waals surface area (Å²) in [6.07, 6.45) is 1.99. The van der Waals surface area contributed by atoms with E-state index in [4.69, 9.17) is 10.5 Å².